The Morgan fingerprint density at radius 1 is 1.47 bits per heavy atom. The van der Waals surface area contributed by atoms with Crippen molar-refractivity contribution in [3.63, 3.8) is 0 Å². The van der Waals surface area contributed by atoms with Crippen molar-refractivity contribution in [2.24, 2.45) is 0 Å². The van der Waals surface area contributed by atoms with Crippen molar-refractivity contribution in [3.8, 4) is 0 Å². The lowest BCUT2D eigenvalue weighted by atomic mass is 10.0. The third-order valence-corrected chi connectivity index (χ3v) is 3.62. The summed E-state index contributed by atoms with van der Waals surface area (Å²) in [6, 6.07) is 0. The standard InChI is InChI=1S/C12H21NO4/c1-12(2)8-16-6-5-13(12)7-9-3-4-10(17-9)11(14)15/h9-10H,3-8H2,1-2H3,(H,14,15). The molecule has 0 aromatic carbocycles. The number of hydrogen-bond donors (Lipinski definition) is 1. The molecule has 0 radical (unpaired) electrons. The third kappa shape index (κ3) is 2.97. The van der Waals surface area contributed by atoms with Gasteiger partial charge in [0.1, 0.15) is 0 Å². The lowest BCUT2D eigenvalue weighted by molar-refractivity contribution is -0.150. The average molecular weight is 243 g/mol. The van der Waals surface area contributed by atoms with E-state index in [9.17, 15) is 4.79 Å². The van der Waals surface area contributed by atoms with E-state index in [1.807, 2.05) is 0 Å². The number of rotatable bonds is 3. The SMILES string of the molecule is CC1(C)COCCN1CC1CCC(C(=O)O)O1. The summed E-state index contributed by atoms with van der Waals surface area (Å²) in [7, 11) is 0. The normalized spacial score (nSPS) is 33.8. The molecular formula is C12H21NO4. The van der Waals surface area contributed by atoms with Crippen LogP contribution in [0.3, 0.4) is 0 Å². The maximum Gasteiger partial charge on any atom is 0.332 e. The average Bonchev–Trinajstić information content (AvgIpc) is 2.70. The number of hydrogen-bond acceptors (Lipinski definition) is 4. The van der Waals surface area contributed by atoms with Crippen LogP contribution in [0.1, 0.15) is 26.7 Å². The highest BCUT2D eigenvalue weighted by atomic mass is 16.5. The zero-order chi connectivity index (χ0) is 12.5. The summed E-state index contributed by atoms with van der Waals surface area (Å²) in [5.74, 6) is -0.839. The first-order chi connectivity index (χ1) is 7.99. The van der Waals surface area contributed by atoms with Crippen LogP contribution in [0.2, 0.25) is 0 Å². The summed E-state index contributed by atoms with van der Waals surface area (Å²) in [6.07, 6.45) is 0.910. The van der Waals surface area contributed by atoms with E-state index in [0.717, 1.165) is 32.7 Å². The number of ether oxygens (including phenoxy) is 2. The van der Waals surface area contributed by atoms with Gasteiger partial charge in [-0.1, -0.05) is 0 Å². The number of nitrogens with zero attached hydrogens (tertiary/aromatic N) is 1. The molecule has 1 N–H and O–H groups in total. The highest BCUT2D eigenvalue weighted by Gasteiger charge is 2.36. The Bertz CT molecular complexity index is 292. The van der Waals surface area contributed by atoms with E-state index in [1.54, 1.807) is 0 Å². The summed E-state index contributed by atoms with van der Waals surface area (Å²) in [5, 5.41) is 8.88. The van der Waals surface area contributed by atoms with Crippen LogP contribution in [0.15, 0.2) is 0 Å². The van der Waals surface area contributed by atoms with E-state index in [0.29, 0.717) is 6.42 Å². The fourth-order valence-electron chi connectivity index (χ4n) is 2.50. The van der Waals surface area contributed by atoms with Crippen LogP contribution in [-0.2, 0) is 14.3 Å². The van der Waals surface area contributed by atoms with Gasteiger partial charge in [0, 0.05) is 18.6 Å². The van der Waals surface area contributed by atoms with Gasteiger partial charge < -0.3 is 14.6 Å². The van der Waals surface area contributed by atoms with E-state index in [1.165, 1.54) is 0 Å². The molecular weight excluding hydrogens is 222 g/mol. The molecule has 5 heteroatoms. The highest BCUT2D eigenvalue weighted by molar-refractivity contribution is 5.72. The smallest absolute Gasteiger partial charge is 0.332 e. The Hall–Kier alpha value is -0.650. The predicted molar refractivity (Wildman–Crippen MR) is 62.0 cm³/mol. The first kappa shape index (κ1) is 12.8. The first-order valence-corrected chi connectivity index (χ1v) is 6.20. The Morgan fingerprint density at radius 2 is 2.24 bits per heavy atom. The maximum atomic E-state index is 10.8. The van der Waals surface area contributed by atoms with Crippen LogP contribution in [0, 0.1) is 0 Å². The minimum Gasteiger partial charge on any atom is -0.479 e. The zero-order valence-electron chi connectivity index (χ0n) is 10.5. The zero-order valence-corrected chi connectivity index (χ0v) is 10.5. The molecule has 0 bridgehead atoms. The quantitative estimate of drug-likeness (QED) is 0.792. The topological polar surface area (TPSA) is 59.0 Å². The molecule has 98 valence electrons. The monoisotopic (exact) mass is 243 g/mol. The van der Waals surface area contributed by atoms with E-state index in [-0.39, 0.29) is 11.6 Å². The number of carboxylic acids is 1. The van der Waals surface area contributed by atoms with Crippen LogP contribution in [0.25, 0.3) is 0 Å². The van der Waals surface area contributed by atoms with Crippen molar-refractivity contribution in [2.75, 3.05) is 26.3 Å². The molecule has 0 spiro atoms. The summed E-state index contributed by atoms with van der Waals surface area (Å²) in [5.41, 5.74) is 0.0168. The molecule has 0 aliphatic carbocycles. The van der Waals surface area contributed by atoms with Crippen LogP contribution < -0.4 is 0 Å². The summed E-state index contributed by atoms with van der Waals surface area (Å²) >= 11 is 0. The summed E-state index contributed by atoms with van der Waals surface area (Å²) in [6.45, 7) is 7.47. The van der Waals surface area contributed by atoms with E-state index >= 15 is 0 Å². The number of morpholine rings is 1. The van der Waals surface area contributed by atoms with Gasteiger partial charge in [-0.2, -0.15) is 0 Å². The molecule has 2 atom stereocenters. The molecule has 2 rings (SSSR count). The van der Waals surface area contributed by atoms with Crippen molar-refractivity contribution in [1.82, 2.24) is 4.90 Å². The molecule has 17 heavy (non-hydrogen) atoms. The second kappa shape index (κ2) is 4.92. The molecule has 0 amide bonds. The molecule has 0 aromatic heterocycles. The van der Waals surface area contributed by atoms with Crippen LogP contribution >= 0.6 is 0 Å². The molecule has 2 heterocycles. The van der Waals surface area contributed by atoms with Gasteiger partial charge in [0.05, 0.1) is 19.3 Å². The molecule has 2 fully saturated rings. The third-order valence-electron chi connectivity index (χ3n) is 3.62. The van der Waals surface area contributed by atoms with Gasteiger partial charge in [0.15, 0.2) is 6.10 Å². The molecule has 2 unspecified atom stereocenters. The van der Waals surface area contributed by atoms with Crippen molar-refractivity contribution in [1.29, 1.82) is 0 Å². The van der Waals surface area contributed by atoms with Gasteiger partial charge in [-0.05, 0) is 26.7 Å². The number of aliphatic carboxylic acids is 1. The minimum absolute atomic E-state index is 0.0168. The maximum absolute atomic E-state index is 10.8. The number of carboxylic acid groups (broad SMARTS) is 1. The lowest BCUT2D eigenvalue weighted by Gasteiger charge is -2.43. The van der Waals surface area contributed by atoms with Gasteiger partial charge in [-0.25, -0.2) is 4.79 Å². The van der Waals surface area contributed by atoms with E-state index in [4.69, 9.17) is 14.6 Å². The fraction of sp³-hybridized carbons (Fsp3) is 0.917. The Morgan fingerprint density at radius 3 is 2.82 bits per heavy atom. The minimum atomic E-state index is -0.839. The summed E-state index contributed by atoms with van der Waals surface area (Å²) < 4.78 is 11.0. The van der Waals surface area contributed by atoms with Gasteiger partial charge >= 0.3 is 5.97 Å². The van der Waals surface area contributed by atoms with Crippen molar-refractivity contribution in [2.45, 2.75) is 44.4 Å². The van der Waals surface area contributed by atoms with Gasteiger partial charge in [-0.3, -0.25) is 4.90 Å². The van der Waals surface area contributed by atoms with Gasteiger partial charge in [0.25, 0.3) is 0 Å². The van der Waals surface area contributed by atoms with Gasteiger partial charge in [0.2, 0.25) is 0 Å². The van der Waals surface area contributed by atoms with E-state index in [2.05, 4.69) is 18.7 Å². The molecule has 0 aromatic rings. The predicted octanol–water partition coefficient (Wildman–Crippen LogP) is 0.729. The van der Waals surface area contributed by atoms with E-state index < -0.39 is 12.1 Å². The highest BCUT2D eigenvalue weighted by Crippen LogP contribution is 2.25. The lowest BCUT2D eigenvalue weighted by Crippen LogP contribution is -2.55. The van der Waals surface area contributed by atoms with Gasteiger partial charge in [-0.15, -0.1) is 0 Å². The largest absolute Gasteiger partial charge is 0.479 e. The van der Waals surface area contributed by atoms with Crippen molar-refractivity contribution < 1.29 is 19.4 Å². The van der Waals surface area contributed by atoms with Crippen LogP contribution in [0.5, 0.6) is 0 Å². The first-order valence-electron chi connectivity index (χ1n) is 6.20. The molecule has 2 aliphatic rings. The summed E-state index contributed by atoms with van der Waals surface area (Å²) in [4.78, 5) is 13.1. The fourth-order valence-corrected chi connectivity index (χ4v) is 2.50. The van der Waals surface area contributed by atoms with Crippen LogP contribution in [-0.4, -0.2) is 60.0 Å². The molecule has 2 saturated heterocycles. The van der Waals surface area contributed by atoms with Crippen LogP contribution in [0.4, 0.5) is 0 Å². The Kier molecular flexibility index (Phi) is 3.70. The number of carbonyl (C=O) groups is 1. The Labute approximate surface area is 102 Å². The Balaban J connectivity index is 1.87. The van der Waals surface area contributed by atoms with Crippen molar-refractivity contribution >= 4 is 5.97 Å². The molecule has 2 aliphatic heterocycles. The molecule has 5 nitrogen and oxygen atoms in total. The second-order valence-electron chi connectivity index (χ2n) is 5.47. The van der Waals surface area contributed by atoms with Crippen molar-refractivity contribution in [3.05, 3.63) is 0 Å². The second-order valence-corrected chi connectivity index (χ2v) is 5.47. The molecule has 0 saturated carbocycles.